The van der Waals surface area contributed by atoms with E-state index in [4.69, 9.17) is 0 Å². The van der Waals surface area contributed by atoms with Gasteiger partial charge in [0.1, 0.15) is 0 Å². The lowest BCUT2D eigenvalue weighted by molar-refractivity contribution is 0.979. The summed E-state index contributed by atoms with van der Waals surface area (Å²) >= 11 is 0. The summed E-state index contributed by atoms with van der Waals surface area (Å²) < 4.78 is 2.36. The van der Waals surface area contributed by atoms with Crippen LogP contribution in [0.25, 0.3) is 16.6 Å². The fourth-order valence-electron chi connectivity index (χ4n) is 3.21. The fraction of sp³-hybridized carbons (Fsp3) is 0.0952. The molecule has 0 aliphatic rings. The van der Waals surface area contributed by atoms with Gasteiger partial charge in [-0.1, -0.05) is 42.5 Å². The van der Waals surface area contributed by atoms with Gasteiger partial charge in [-0.25, -0.2) is 0 Å². The molecule has 0 saturated carbocycles. The zero-order chi connectivity index (χ0) is 15.6. The van der Waals surface area contributed by atoms with Gasteiger partial charge in [0.2, 0.25) is 0 Å². The molecule has 0 radical (unpaired) electrons. The number of aromatic nitrogens is 2. The monoisotopic (exact) mass is 298 g/mol. The van der Waals surface area contributed by atoms with E-state index in [1.807, 2.05) is 18.5 Å². The van der Waals surface area contributed by atoms with Crippen molar-refractivity contribution in [3.05, 3.63) is 96.1 Å². The van der Waals surface area contributed by atoms with Gasteiger partial charge in [0.15, 0.2) is 0 Å². The first-order valence-corrected chi connectivity index (χ1v) is 7.87. The van der Waals surface area contributed by atoms with Gasteiger partial charge in [0.05, 0.1) is 0 Å². The summed E-state index contributed by atoms with van der Waals surface area (Å²) in [7, 11) is 0. The quantitative estimate of drug-likeness (QED) is 0.526. The molecule has 4 aromatic rings. The molecule has 1 aromatic carbocycles. The van der Waals surface area contributed by atoms with Crippen molar-refractivity contribution in [1.29, 1.82) is 0 Å². The maximum absolute atomic E-state index is 4.26. The van der Waals surface area contributed by atoms with E-state index in [2.05, 4.69) is 77.0 Å². The van der Waals surface area contributed by atoms with E-state index in [0.29, 0.717) is 0 Å². The predicted molar refractivity (Wildman–Crippen MR) is 94.6 cm³/mol. The minimum absolute atomic E-state index is 0.872. The molecule has 0 fully saturated rings. The largest absolute Gasteiger partial charge is 0.317 e. The van der Waals surface area contributed by atoms with E-state index in [1.165, 1.54) is 33.6 Å². The SMILES string of the molecule is Cc1cccc2cc(-c3ccccc3)c(Cc3cccnc3)n12. The molecular weight excluding hydrogens is 280 g/mol. The first-order chi connectivity index (χ1) is 11.3. The highest BCUT2D eigenvalue weighted by Crippen LogP contribution is 2.30. The van der Waals surface area contributed by atoms with Crippen molar-refractivity contribution >= 4 is 5.52 Å². The average Bonchev–Trinajstić information content (AvgIpc) is 2.96. The Balaban J connectivity index is 1.95. The van der Waals surface area contributed by atoms with E-state index in [0.717, 1.165) is 6.42 Å². The molecule has 0 unspecified atom stereocenters. The zero-order valence-corrected chi connectivity index (χ0v) is 13.1. The third-order valence-corrected chi connectivity index (χ3v) is 4.27. The molecule has 2 nitrogen and oxygen atoms in total. The average molecular weight is 298 g/mol. The van der Waals surface area contributed by atoms with E-state index >= 15 is 0 Å². The van der Waals surface area contributed by atoms with Gasteiger partial charge in [0, 0.05) is 41.3 Å². The molecular formula is C21H18N2. The third-order valence-electron chi connectivity index (χ3n) is 4.27. The van der Waals surface area contributed by atoms with Gasteiger partial charge < -0.3 is 4.40 Å². The maximum Gasteiger partial charge on any atom is 0.0462 e. The summed E-state index contributed by atoms with van der Waals surface area (Å²) in [6.45, 7) is 2.16. The Labute approximate surface area is 136 Å². The summed E-state index contributed by atoms with van der Waals surface area (Å²) in [6.07, 6.45) is 4.65. The molecule has 0 N–H and O–H groups in total. The molecule has 0 aliphatic heterocycles. The number of hydrogen-bond donors (Lipinski definition) is 0. The standard InChI is InChI=1S/C21H18N2/c1-16-7-5-11-19-14-20(18-9-3-2-4-10-18)21(23(16)19)13-17-8-6-12-22-15-17/h2-12,14-15H,13H2,1H3. The maximum atomic E-state index is 4.26. The van der Waals surface area contributed by atoms with Crippen LogP contribution in [0.3, 0.4) is 0 Å². The Morgan fingerprint density at radius 1 is 0.913 bits per heavy atom. The highest BCUT2D eigenvalue weighted by Gasteiger charge is 2.13. The molecule has 112 valence electrons. The molecule has 4 rings (SSSR count). The van der Waals surface area contributed by atoms with Crippen LogP contribution < -0.4 is 0 Å². The second-order valence-corrected chi connectivity index (χ2v) is 5.84. The minimum Gasteiger partial charge on any atom is -0.317 e. The van der Waals surface area contributed by atoms with Gasteiger partial charge in [0.25, 0.3) is 0 Å². The molecule has 0 bridgehead atoms. The Morgan fingerprint density at radius 2 is 1.78 bits per heavy atom. The summed E-state index contributed by atoms with van der Waals surface area (Å²) in [5.74, 6) is 0. The van der Waals surface area contributed by atoms with Crippen LogP contribution in [0.15, 0.2) is 79.1 Å². The zero-order valence-electron chi connectivity index (χ0n) is 13.1. The van der Waals surface area contributed by atoms with Gasteiger partial charge in [-0.2, -0.15) is 0 Å². The molecule has 23 heavy (non-hydrogen) atoms. The highest BCUT2D eigenvalue weighted by molar-refractivity contribution is 5.74. The van der Waals surface area contributed by atoms with E-state index in [-0.39, 0.29) is 0 Å². The molecule has 3 aromatic heterocycles. The fourth-order valence-corrected chi connectivity index (χ4v) is 3.21. The van der Waals surface area contributed by atoms with E-state index in [1.54, 1.807) is 0 Å². The number of rotatable bonds is 3. The van der Waals surface area contributed by atoms with Crippen molar-refractivity contribution < 1.29 is 0 Å². The van der Waals surface area contributed by atoms with Gasteiger partial charge in [-0.15, -0.1) is 0 Å². The van der Waals surface area contributed by atoms with E-state index < -0.39 is 0 Å². The first kappa shape index (κ1) is 13.8. The van der Waals surface area contributed by atoms with Crippen LogP contribution in [-0.2, 0) is 6.42 Å². The normalized spacial score (nSPS) is 11.0. The summed E-state index contributed by atoms with van der Waals surface area (Å²) in [5.41, 5.74) is 7.59. The van der Waals surface area contributed by atoms with Crippen molar-refractivity contribution in [2.45, 2.75) is 13.3 Å². The van der Waals surface area contributed by atoms with Crippen LogP contribution in [-0.4, -0.2) is 9.38 Å². The number of pyridine rings is 2. The lowest BCUT2D eigenvalue weighted by Crippen LogP contribution is -1.99. The predicted octanol–water partition coefficient (Wildman–Crippen LogP) is 4.90. The second kappa shape index (κ2) is 5.73. The second-order valence-electron chi connectivity index (χ2n) is 5.84. The topological polar surface area (TPSA) is 17.3 Å². The molecule has 2 heteroatoms. The molecule has 0 amide bonds. The lowest BCUT2D eigenvalue weighted by Gasteiger charge is -2.09. The number of aryl methyl sites for hydroxylation is 1. The smallest absolute Gasteiger partial charge is 0.0462 e. The lowest BCUT2D eigenvalue weighted by atomic mass is 10.0. The Kier molecular flexibility index (Phi) is 3.43. The van der Waals surface area contributed by atoms with Gasteiger partial charge >= 0.3 is 0 Å². The van der Waals surface area contributed by atoms with Crippen LogP contribution in [0.2, 0.25) is 0 Å². The van der Waals surface area contributed by atoms with Crippen LogP contribution in [0.5, 0.6) is 0 Å². The van der Waals surface area contributed by atoms with Crippen molar-refractivity contribution in [1.82, 2.24) is 9.38 Å². The summed E-state index contributed by atoms with van der Waals surface area (Å²) in [5, 5.41) is 0. The van der Waals surface area contributed by atoms with Crippen molar-refractivity contribution in [2.24, 2.45) is 0 Å². The van der Waals surface area contributed by atoms with Crippen molar-refractivity contribution in [2.75, 3.05) is 0 Å². The summed E-state index contributed by atoms with van der Waals surface area (Å²) in [4.78, 5) is 4.26. The summed E-state index contributed by atoms with van der Waals surface area (Å²) in [6, 6.07) is 23.5. The molecule has 3 heterocycles. The van der Waals surface area contributed by atoms with Crippen LogP contribution >= 0.6 is 0 Å². The minimum atomic E-state index is 0.872. The van der Waals surface area contributed by atoms with Gasteiger partial charge in [-0.05, 0) is 42.3 Å². The third kappa shape index (κ3) is 2.53. The first-order valence-electron chi connectivity index (χ1n) is 7.87. The van der Waals surface area contributed by atoms with Gasteiger partial charge in [-0.3, -0.25) is 4.98 Å². The Bertz CT molecular complexity index is 938. The molecule has 0 spiro atoms. The van der Waals surface area contributed by atoms with Crippen molar-refractivity contribution in [3.8, 4) is 11.1 Å². The van der Waals surface area contributed by atoms with Crippen molar-refractivity contribution in [3.63, 3.8) is 0 Å². The Hall–Kier alpha value is -2.87. The van der Waals surface area contributed by atoms with Crippen LogP contribution in [0.4, 0.5) is 0 Å². The Morgan fingerprint density at radius 3 is 2.57 bits per heavy atom. The molecule has 0 saturated heterocycles. The molecule has 0 aliphatic carbocycles. The molecule has 0 atom stereocenters. The highest BCUT2D eigenvalue weighted by atomic mass is 14.9. The van der Waals surface area contributed by atoms with E-state index in [9.17, 15) is 0 Å². The number of benzene rings is 1. The van der Waals surface area contributed by atoms with Crippen LogP contribution in [0.1, 0.15) is 17.0 Å². The van der Waals surface area contributed by atoms with Crippen LogP contribution in [0, 0.1) is 6.92 Å². The number of hydrogen-bond acceptors (Lipinski definition) is 1. The number of nitrogens with zero attached hydrogens (tertiary/aromatic N) is 2. The number of fused-ring (bicyclic) bond motifs is 1.